The number of pyridine rings is 1. The Morgan fingerprint density at radius 2 is 1.94 bits per heavy atom. The number of carboxylic acids is 1. The molecule has 0 aliphatic heterocycles. The van der Waals surface area contributed by atoms with Gasteiger partial charge in [0.15, 0.2) is 0 Å². The summed E-state index contributed by atoms with van der Waals surface area (Å²) in [5, 5.41) is 22.7. The predicted octanol–water partition coefficient (Wildman–Crippen LogP) is 4.14. The minimum absolute atomic E-state index is 0.00487. The van der Waals surface area contributed by atoms with Crippen LogP contribution in [0.5, 0.6) is 11.6 Å². The number of aliphatic carboxylic acids is 1. The summed E-state index contributed by atoms with van der Waals surface area (Å²) < 4.78 is 16.5. The smallest absolute Gasteiger partial charge is 0.320 e. The number of nitrogens with one attached hydrogen (secondary N) is 2. The SMILES string of the molecule is COc1cc(Cl)ccc1Nc1nnc(C(=O)Nc2ccc(O[C@H]3CC[C@@H](C(=O)O)CC3)nc2)o1. The minimum Gasteiger partial charge on any atom is -0.495 e. The molecule has 2 heterocycles. The second-order valence-corrected chi connectivity index (χ2v) is 8.09. The van der Waals surface area contributed by atoms with Crippen molar-refractivity contribution in [3.63, 3.8) is 0 Å². The number of halogens is 1. The molecule has 1 saturated carbocycles. The fraction of sp³-hybridized carbons (Fsp3) is 0.318. The number of carbonyl (C=O) groups is 2. The zero-order chi connectivity index (χ0) is 24.1. The monoisotopic (exact) mass is 487 g/mol. The quantitative estimate of drug-likeness (QED) is 0.423. The van der Waals surface area contributed by atoms with E-state index >= 15 is 0 Å². The summed E-state index contributed by atoms with van der Waals surface area (Å²) in [5.41, 5.74) is 0.956. The van der Waals surface area contributed by atoms with E-state index in [9.17, 15) is 9.59 Å². The Morgan fingerprint density at radius 3 is 2.62 bits per heavy atom. The first-order valence-corrected chi connectivity index (χ1v) is 10.9. The van der Waals surface area contributed by atoms with Gasteiger partial charge in [0.25, 0.3) is 0 Å². The van der Waals surface area contributed by atoms with Gasteiger partial charge in [-0.2, -0.15) is 0 Å². The fourth-order valence-electron chi connectivity index (χ4n) is 3.56. The molecule has 2 aromatic heterocycles. The standard InChI is InChI=1S/C22H22ClN5O6/c1-32-17-10-13(23)4-8-16(17)26-22-28-27-20(34-22)19(29)25-14-5-9-18(24-11-14)33-15-6-2-12(3-7-15)21(30)31/h4-5,8-12,15H,2-3,6-7H2,1H3,(H,25,29)(H,26,28)(H,30,31)/t12-,15+. The molecule has 1 aliphatic carbocycles. The Balaban J connectivity index is 1.31. The Hall–Kier alpha value is -3.86. The lowest BCUT2D eigenvalue weighted by Gasteiger charge is -2.26. The molecule has 34 heavy (non-hydrogen) atoms. The number of methoxy groups -OCH3 is 1. The van der Waals surface area contributed by atoms with Crippen molar-refractivity contribution in [2.45, 2.75) is 31.8 Å². The van der Waals surface area contributed by atoms with Gasteiger partial charge in [-0.1, -0.05) is 16.7 Å². The summed E-state index contributed by atoms with van der Waals surface area (Å²) in [4.78, 5) is 27.7. The van der Waals surface area contributed by atoms with E-state index in [0.717, 1.165) is 0 Å². The van der Waals surface area contributed by atoms with Crippen LogP contribution in [0.25, 0.3) is 0 Å². The molecule has 12 heteroatoms. The molecule has 0 unspecified atom stereocenters. The van der Waals surface area contributed by atoms with E-state index in [2.05, 4.69) is 25.8 Å². The van der Waals surface area contributed by atoms with Crippen LogP contribution in [-0.4, -0.2) is 45.4 Å². The third kappa shape index (κ3) is 5.73. The van der Waals surface area contributed by atoms with E-state index in [4.69, 9.17) is 30.6 Å². The number of hydrogen-bond donors (Lipinski definition) is 3. The lowest BCUT2D eigenvalue weighted by Crippen LogP contribution is -2.28. The average Bonchev–Trinajstić information content (AvgIpc) is 3.30. The lowest BCUT2D eigenvalue weighted by atomic mass is 9.87. The van der Waals surface area contributed by atoms with Crippen molar-refractivity contribution in [3.05, 3.63) is 47.4 Å². The molecule has 1 aliphatic rings. The molecule has 11 nitrogen and oxygen atoms in total. The van der Waals surface area contributed by atoms with Crippen molar-refractivity contribution in [2.24, 2.45) is 5.92 Å². The summed E-state index contributed by atoms with van der Waals surface area (Å²) in [7, 11) is 1.50. The first-order valence-electron chi connectivity index (χ1n) is 10.5. The molecule has 0 saturated heterocycles. The third-order valence-electron chi connectivity index (χ3n) is 5.33. The number of ether oxygens (including phenoxy) is 2. The highest BCUT2D eigenvalue weighted by Crippen LogP contribution is 2.30. The van der Waals surface area contributed by atoms with E-state index in [1.54, 1.807) is 30.3 Å². The van der Waals surface area contributed by atoms with Crippen molar-refractivity contribution >= 4 is 40.9 Å². The van der Waals surface area contributed by atoms with Gasteiger partial charge in [-0.3, -0.25) is 9.59 Å². The van der Waals surface area contributed by atoms with Gasteiger partial charge in [-0.25, -0.2) is 4.98 Å². The van der Waals surface area contributed by atoms with Gasteiger partial charge in [-0.15, -0.1) is 5.10 Å². The molecule has 1 amide bonds. The van der Waals surface area contributed by atoms with Crippen LogP contribution in [0.4, 0.5) is 17.4 Å². The van der Waals surface area contributed by atoms with Crippen LogP contribution >= 0.6 is 11.6 Å². The van der Waals surface area contributed by atoms with Gasteiger partial charge in [-0.05, 0) is 43.9 Å². The second-order valence-electron chi connectivity index (χ2n) is 7.65. The van der Waals surface area contributed by atoms with E-state index in [-0.39, 0.29) is 23.9 Å². The number of hydrogen-bond acceptors (Lipinski definition) is 9. The molecule has 3 aromatic rings. The lowest BCUT2D eigenvalue weighted by molar-refractivity contribution is -0.143. The number of carbonyl (C=O) groups excluding carboxylic acids is 1. The predicted molar refractivity (Wildman–Crippen MR) is 122 cm³/mol. The molecule has 1 aromatic carbocycles. The van der Waals surface area contributed by atoms with E-state index in [0.29, 0.717) is 53.7 Å². The number of anilines is 3. The Labute approximate surface area is 199 Å². The molecule has 3 N–H and O–H groups in total. The first-order chi connectivity index (χ1) is 16.4. The van der Waals surface area contributed by atoms with Crippen molar-refractivity contribution in [1.29, 1.82) is 0 Å². The highest BCUT2D eigenvalue weighted by Gasteiger charge is 2.27. The number of carboxylic acid groups (broad SMARTS) is 1. The highest BCUT2D eigenvalue weighted by atomic mass is 35.5. The maximum absolute atomic E-state index is 12.5. The fourth-order valence-corrected chi connectivity index (χ4v) is 3.72. The number of aromatic nitrogens is 3. The highest BCUT2D eigenvalue weighted by molar-refractivity contribution is 6.30. The molecular formula is C22H22ClN5O6. The van der Waals surface area contributed by atoms with Gasteiger partial charge in [0, 0.05) is 17.2 Å². The van der Waals surface area contributed by atoms with Crippen LogP contribution in [0, 0.1) is 5.92 Å². The second kappa shape index (κ2) is 10.4. The zero-order valence-electron chi connectivity index (χ0n) is 18.2. The molecule has 0 atom stereocenters. The van der Waals surface area contributed by atoms with Gasteiger partial charge in [0.1, 0.15) is 11.9 Å². The number of benzene rings is 1. The average molecular weight is 488 g/mol. The number of rotatable bonds is 8. The summed E-state index contributed by atoms with van der Waals surface area (Å²) >= 11 is 5.95. The van der Waals surface area contributed by atoms with Crippen molar-refractivity contribution in [1.82, 2.24) is 15.2 Å². The van der Waals surface area contributed by atoms with Crippen LogP contribution < -0.4 is 20.1 Å². The maximum atomic E-state index is 12.5. The molecule has 178 valence electrons. The Bertz CT molecular complexity index is 1160. The van der Waals surface area contributed by atoms with Crippen LogP contribution in [-0.2, 0) is 4.79 Å². The van der Waals surface area contributed by atoms with E-state index in [1.165, 1.54) is 13.3 Å². The van der Waals surface area contributed by atoms with Crippen LogP contribution in [0.3, 0.4) is 0 Å². The molecule has 0 spiro atoms. The van der Waals surface area contributed by atoms with E-state index in [1.807, 2.05) is 0 Å². The zero-order valence-corrected chi connectivity index (χ0v) is 18.9. The number of nitrogens with zero attached hydrogens (tertiary/aromatic N) is 3. The molecule has 4 rings (SSSR count). The summed E-state index contributed by atoms with van der Waals surface area (Å²) in [6, 6.07) is 8.24. The summed E-state index contributed by atoms with van der Waals surface area (Å²) in [6.45, 7) is 0. The van der Waals surface area contributed by atoms with Crippen LogP contribution in [0.2, 0.25) is 5.02 Å². The van der Waals surface area contributed by atoms with Gasteiger partial charge in [0.2, 0.25) is 5.88 Å². The van der Waals surface area contributed by atoms with Crippen molar-refractivity contribution in [2.75, 3.05) is 17.7 Å². The van der Waals surface area contributed by atoms with Crippen LogP contribution in [0.1, 0.15) is 36.4 Å². The summed E-state index contributed by atoms with van der Waals surface area (Å²) in [5.74, 6) is -1.04. The third-order valence-corrected chi connectivity index (χ3v) is 5.56. The summed E-state index contributed by atoms with van der Waals surface area (Å²) in [6.07, 6.45) is 3.86. The largest absolute Gasteiger partial charge is 0.495 e. The number of amides is 1. The van der Waals surface area contributed by atoms with Crippen molar-refractivity contribution in [3.8, 4) is 11.6 Å². The van der Waals surface area contributed by atoms with Gasteiger partial charge in [0.05, 0.1) is 30.6 Å². The molecule has 1 fully saturated rings. The minimum atomic E-state index is -0.759. The molecular weight excluding hydrogens is 466 g/mol. The van der Waals surface area contributed by atoms with Gasteiger partial charge >= 0.3 is 23.8 Å². The first kappa shape index (κ1) is 23.3. The normalized spacial score (nSPS) is 17.6. The Morgan fingerprint density at radius 1 is 1.15 bits per heavy atom. The van der Waals surface area contributed by atoms with E-state index < -0.39 is 11.9 Å². The molecule has 0 radical (unpaired) electrons. The topological polar surface area (TPSA) is 149 Å². The Kier molecular flexibility index (Phi) is 7.12. The van der Waals surface area contributed by atoms with Crippen LogP contribution in [0.15, 0.2) is 40.9 Å². The molecule has 0 bridgehead atoms. The van der Waals surface area contributed by atoms with Gasteiger partial charge < -0.3 is 29.6 Å². The van der Waals surface area contributed by atoms with Crippen molar-refractivity contribution < 1.29 is 28.6 Å². The maximum Gasteiger partial charge on any atom is 0.320 e.